The van der Waals surface area contributed by atoms with Gasteiger partial charge in [-0.25, -0.2) is 4.79 Å². The molecule has 0 aliphatic heterocycles. The van der Waals surface area contributed by atoms with Crippen LogP contribution in [0.15, 0.2) is 54.6 Å². The van der Waals surface area contributed by atoms with Gasteiger partial charge in [0, 0.05) is 17.5 Å². The van der Waals surface area contributed by atoms with Crippen molar-refractivity contribution in [2.45, 2.75) is 46.1 Å². The van der Waals surface area contributed by atoms with Crippen molar-refractivity contribution in [2.75, 3.05) is 6.61 Å². The summed E-state index contributed by atoms with van der Waals surface area (Å²) in [6.07, 6.45) is 4.12. The molecule has 4 rings (SSSR count). The molecule has 6 heteroatoms. The van der Waals surface area contributed by atoms with Gasteiger partial charge in [0.05, 0.1) is 16.4 Å². The number of fused-ring (bicyclic) bond motifs is 3. The first-order chi connectivity index (χ1) is 16.4. The van der Waals surface area contributed by atoms with Crippen molar-refractivity contribution in [3.63, 3.8) is 0 Å². The van der Waals surface area contributed by atoms with Gasteiger partial charge >= 0.3 is 5.97 Å². The third-order valence-corrected chi connectivity index (χ3v) is 6.29. The lowest BCUT2D eigenvalue weighted by molar-refractivity contribution is -0.139. The summed E-state index contributed by atoms with van der Waals surface area (Å²) < 4.78 is 7.97. The molecule has 0 unspecified atom stereocenters. The van der Waals surface area contributed by atoms with Crippen LogP contribution < -0.4 is 10.5 Å². The van der Waals surface area contributed by atoms with Crippen LogP contribution in [0.5, 0.6) is 5.75 Å². The number of carboxylic acid groups (broad SMARTS) is 1. The highest BCUT2D eigenvalue weighted by Gasteiger charge is 2.21. The van der Waals surface area contributed by atoms with Crippen LogP contribution in [0.1, 0.15) is 53.2 Å². The number of carbonyl (C=O) groups is 2. The van der Waals surface area contributed by atoms with E-state index in [4.69, 9.17) is 10.5 Å². The first-order valence-corrected chi connectivity index (χ1v) is 11.7. The lowest BCUT2D eigenvalue weighted by Crippen LogP contribution is -2.12. The second-order valence-corrected chi connectivity index (χ2v) is 8.70. The van der Waals surface area contributed by atoms with Crippen molar-refractivity contribution in [1.29, 1.82) is 0 Å². The van der Waals surface area contributed by atoms with Gasteiger partial charge in [0.1, 0.15) is 5.75 Å². The summed E-state index contributed by atoms with van der Waals surface area (Å²) in [6.45, 7) is 4.38. The Hall–Kier alpha value is -3.80. The van der Waals surface area contributed by atoms with E-state index in [2.05, 4.69) is 36.6 Å². The molecule has 3 N–H and O–H groups in total. The third kappa shape index (κ3) is 4.62. The number of hydrogen-bond donors (Lipinski definition) is 2. The molecule has 4 aromatic rings. The van der Waals surface area contributed by atoms with Gasteiger partial charge in [0.2, 0.25) is 5.91 Å². The zero-order valence-electron chi connectivity index (χ0n) is 19.6. The van der Waals surface area contributed by atoms with Crippen molar-refractivity contribution in [3.05, 3.63) is 76.9 Å². The lowest BCUT2D eigenvalue weighted by atomic mass is 10.0. The molecule has 1 amide bonds. The maximum Gasteiger partial charge on any atom is 0.341 e. The number of carbonyl (C=O) groups excluding carboxylic acids is 1. The van der Waals surface area contributed by atoms with Crippen molar-refractivity contribution in [3.8, 4) is 5.75 Å². The number of hydrogen-bond acceptors (Lipinski definition) is 3. The number of aromatic nitrogens is 1. The number of aliphatic carboxylic acids is 1. The van der Waals surface area contributed by atoms with Crippen LogP contribution in [-0.4, -0.2) is 28.2 Å². The van der Waals surface area contributed by atoms with Crippen LogP contribution in [0.4, 0.5) is 0 Å². The van der Waals surface area contributed by atoms with Gasteiger partial charge in [0.25, 0.3) is 0 Å². The number of nitrogens with zero attached hydrogens (tertiary/aromatic N) is 1. The normalized spacial score (nSPS) is 11.2. The smallest absolute Gasteiger partial charge is 0.341 e. The Balaban J connectivity index is 2.02. The van der Waals surface area contributed by atoms with E-state index in [1.54, 1.807) is 6.07 Å². The molecule has 0 saturated carbocycles. The second kappa shape index (κ2) is 10.00. The third-order valence-electron chi connectivity index (χ3n) is 6.29. The summed E-state index contributed by atoms with van der Waals surface area (Å²) in [6, 6.07) is 17.8. The van der Waals surface area contributed by atoms with Gasteiger partial charge in [-0.1, -0.05) is 50.1 Å². The molecule has 1 aromatic heterocycles. The first kappa shape index (κ1) is 23.4. The van der Waals surface area contributed by atoms with Crippen LogP contribution in [0.25, 0.3) is 21.8 Å². The largest absolute Gasteiger partial charge is 0.481 e. The maximum atomic E-state index is 12.4. The molecule has 34 heavy (non-hydrogen) atoms. The predicted octanol–water partition coefficient (Wildman–Crippen LogP) is 5.45. The fourth-order valence-corrected chi connectivity index (χ4v) is 4.59. The molecule has 0 aliphatic rings. The highest BCUT2D eigenvalue weighted by Crippen LogP contribution is 2.39. The topological polar surface area (TPSA) is 94.6 Å². The van der Waals surface area contributed by atoms with E-state index in [9.17, 15) is 14.7 Å². The van der Waals surface area contributed by atoms with E-state index in [0.717, 1.165) is 53.2 Å². The van der Waals surface area contributed by atoms with Gasteiger partial charge in [-0.15, -0.1) is 0 Å². The number of benzene rings is 3. The monoisotopic (exact) mass is 458 g/mol. The second-order valence-electron chi connectivity index (χ2n) is 8.70. The number of ether oxygens (including phenoxy) is 1. The molecule has 0 radical (unpaired) electrons. The molecular weight excluding hydrogens is 428 g/mol. The molecule has 176 valence electrons. The SMILES string of the molecule is CCCCCc1cc(OCC(=O)O)c2c3c(C(N)=O)cccc3n(Cc3ccccc3C)c2c1. The first-order valence-electron chi connectivity index (χ1n) is 11.7. The highest BCUT2D eigenvalue weighted by atomic mass is 16.5. The number of nitrogens with two attached hydrogens (primary N) is 1. The predicted molar refractivity (Wildman–Crippen MR) is 135 cm³/mol. The van der Waals surface area contributed by atoms with Crippen LogP contribution in [0.2, 0.25) is 0 Å². The molecule has 0 fully saturated rings. The van der Waals surface area contributed by atoms with Crippen LogP contribution in [-0.2, 0) is 17.8 Å². The van der Waals surface area contributed by atoms with Gasteiger partial charge in [-0.3, -0.25) is 4.79 Å². The molecule has 0 aliphatic carbocycles. The maximum absolute atomic E-state index is 12.4. The molecule has 6 nitrogen and oxygen atoms in total. The van der Waals surface area contributed by atoms with Crippen LogP contribution in [0, 0.1) is 6.92 Å². The lowest BCUT2D eigenvalue weighted by Gasteiger charge is -2.13. The number of primary amides is 1. The minimum atomic E-state index is -1.05. The summed E-state index contributed by atoms with van der Waals surface area (Å²) in [5.74, 6) is -1.12. The quantitative estimate of drug-likeness (QED) is 0.309. The van der Waals surface area contributed by atoms with Crippen LogP contribution >= 0.6 is 0 Å². The summed E-state index contributed by atoms with van der Waals surface area (Å²) in [7, 11) is 0. The van der Waals surface area contributed by atoms with E-state index in [-0.39, 0.29) is 0 Å². The van der Waals surface area contributed by atoms with E-state index in [1.807, 2.05) is 30.3 Å². The molecule has 0 saturated heterocycles. The Morgan fingerprint density at radius 1 is 1.00 bits per heavy atom. The fourth-order valence-electron chi connectivity index (χ4n) is 4.59. The standard InChI is InChI=1S/C28H30N2O4/c1-3-4-5-10-19-14-23-27(24(15-19)34-17-25(31)32)26-21(28(29)33)12-8-13-22(26)30(23)16-20-11-7-6-9-18(20)2/h6-9,11-15H,3-5,10,16-17H2,1-2H3,(H2,29,33)(H,31,32). The summed E-state index contributed by atoms with van der Waals surface area (Å²) in [4.78, 5) is 23.7. The van der Waals surface area contributed by atoms with E-state index < -0.39 is 18.5 Å². The molecule has 0 spiro atoms. The van der Waals surface area contributed by atoms with E-state index in [1.165, 1.54) is 5.56 Å². The number of carboxylic acids is 1. The minimum Gasteiger partial charge on any atom is -0.481 e. The number of aryl methyl sites for hydroxylation is 2. The molecule has 1 heterocycles. The van der Waals surface area contributed by atoms with Gasteiger partial charge in [0.15, 0.2) is 6.61 Å². The summed E-state index contributed by atoms with van der Waals surface area (Å²) >= 11 is 0. The highest BCUT2D eigenvalue weighted by molar-refractivity contribution is 6.20. The van der Waals surface area contributed by atoms with Crippen molar-refractivity contribution in [2.24, 2.45) is 5.73 Å². The summed E-state index contributed by atoms with van der Waals surface area (Å²) in [5.41, 5.74) is 11.3. The summed E-state index contributed by atoms with van der Waals surface area (Å²) in [5, 5.41) is 10.7. The molecule has 3 aromatic carbocycles. The average Bonchev–Trinajstić information content (AvgIpc) is 3.12. The van der Waals surface area contributed by atoms with Crippen LogP contribution in [0.3, 0.4) is 0 Å². The fraction of sp³-hybridized carbons (Fsp3) is 0.286. The van der Waals surface area contributed by atoms with Crippen molar-refractivity contribution >= 4 is 33.7 Å². The Morgan fingerprint density at radius 3 is 2.50 bits per heavy atom. The van der Waals surface area contributed by atoms with E-state index in [0.29, 0.717) is 23.2 Å². The Labute approximate surface area is 198 Å². The van der Waals surface area contributed by atoms with Gasteiger partial charge in [-0.2, -0.15) is 0 Å². The molecular formula is C28H30N2O4. The van der Waals surface area contributed by atoms with Crippen molar-refractivity contribution < 1.29 is 19.4 Å². The van der Waals surface area contributed by atoms with E-state index >= 15 is 0 Å². The Bertz CT molecular complexity index is 1370. The minimum absolute atomic E-state index is 0.393. The Morgan fingerprint density at radius 2 is 1.79 bits per heavy atom. The Kier molecular flexibility index (Phi) is 6.87. The van der Waals surface area contributed by atoms with Gasteiger partial charge < -0.3 is 20.1 Å². The number of amides is 1. The number of rotatable bonds is 10. The number of unbranched alkanes of at least 4 members (excludes halogenated alkanes) is 2. The molecule has 0 atom stereocenters. The van der Waals surface area contributed by atoms with Crippen molar-refractivity contribution in [1.82, 2.24) is 4.57 Å². The zero-order valence-corrected chi connectivity index (χ0v) is 19.6. The molecule has 0 bridgehead atoms. The van der Waals surface area contributed by atoms with Gasteiger partial charge in [-0.05, 0) is 60.7 Å². The average molecular weight is 459 g/mol. The zero-order chi connectivity index (χ0) is 24.2.